The van der Waals surface area contributed by atoms with E-state index in [0.717, 1.165) is 10.8 Å². The lowest BCUT2D eigenvalue weighted by atomic mass is 10.2. The van der Waals surface area contributed by atoms with Gasteiger partial charge in [0.2, 0.25) is 0 Å². The number of nitrogens with two attached hydrogens (primary N) is 1. The van der Waals surface area contributed by atoms with Crippen LogP contribution in [0.2, 0.25) is 0 Å². The highest BCUT2D eigenvalue weighted by atomic mass is 15.5. The van der Waals surface area contributed by atoms with Crippen LogP contribution < -0.4 is 11.3 Å². The topological polar surface area (TPSA) is 81.1 Å². The highest BCUT2D eigenvalue weighted by Gasteiger charge is 2.07. The van der Waals surface area contributed by atoms with Crippen LogP contribution in [0.3, 0.4) is 0 Å². The monoisotopic (exact) mass is 200 g/mol. The van der Waals surface area contributed by atoms with Crippen LogP contribution in [0.15, 0.2) is 30.5 Å². The second kappa shape index (κ2) is 2.89. The quantitative estimate of drug-likeness (QED) is 0.443. The van der Waals surface area contributed by atoms with Gasteiger partial charge in [-0.2, -0.15) is 9.61 Å². The minimum Gasteiger partial charge on any atom is -0.291 e. The first-order valence-electron chi connectivity index (χ1n) is 4.46. The molecule has 0 amide bonds. The highest BCUT2D eigenvalue weighted by Crippen LogP contribution is 2.17. The van der Waals surface area contributed by atoms with Crippen molar-refractivity contribution in [3.05, 3.63) is 30.5 Å². The molecule has 3 N–H and O–H groups in total. The minimum absolute atomic E-state index is 0.427. The fourth-order valence-corrected chi connectivity index (χ4v) is 1.58. The zero-order valence-electron chi connectivity index (χ0n) is 7.75. The molecule has 3 rings (SSSR count). The van der Waals surface area contributed by atoms with Crippen LogP contribution in [0.5, 0.6) is 0 Å². The van der Waals surface area contributed by atoms with Gasteiger partial charge in [-0.05, 0) is 0 Å². The van der Waals surface area contributed by atoms with Crippen molar-refractivity contribution in [2.45, 2.75) is 0 Å². The molecular weight excluding hydrogens is 192 g/mol. The Morgan fingerprint density at radius 2 is 2.07 bits per heavy atom. The van der Waals surface area contributed by atoms with E-state index in [9.17, 15) is 0 Å². The average molecular weight is 200 g/mol. The lowest BCUT2D eigenvalue weighted by Gasteiger charge is -1.99. The first-order chi connectivity index (χ1) is 7.40. The molecule has 0 saturated heterocycles. The number of nitrogen functional groups attached to an aromatic ring is 1. The summed E-state index contributed by atoms with van der Waals surface area (Å²) in [5, 5.41) is 14.1. The molecule has 2 heterocycles. The summed E-state index contributed by atoms with van der Waals surface area (Å²) < 4.78 is 1.57. The third-order valence-electron chi connectivity index (χ3n) is 2.28. The Kier molecular flexibility index (Phi) is 1.57. The van der Waals surface area contributed by atoms with Crippen molar-refractivity contribution in [3.63, 3.8) is 0 Å². The number of nitrogens with zero attached hydrogens (tertiary/aromatic N) is 4. The van der Waals surface area contributed by atoms with Crippen molar-refractivity contribution >= 4 is 22.4 Å². The molecule has 0 aliphatic heterocycles. The van der Waals surface area contributed by atoms with Crippen LogP contribution in [-0.2, 0) is 0 Å². The van der Waals surface area contributed by atoms with Gasteiger partial charge in [0.05, 0.1) is 6.20 Å². The third kappa shape index (κ3) is 1.05. The molecule has 0 radical (unpaired) electrons. The van der Waals surface area contributed by atoms with Gasteiger partial charge >= 0.3 is 0 Å². The Morgan fingerprint density at radius 3 is 2.93 bits per heavy atom. The van der Waals surface area contributed by atoms with E-state index >= 15 is 0 Å². The first kappa shape index (κ1) is 8.13. The summed E-state index contributed by atoms with van der Waals surface area (Å²) in [5.41, 5.74) is 3.14. The summed E-state index contributed by atoms with van der Waals surface area (Å²) in [4.78, 5) is 0. The van der Waals surface area contributed by atoms with Gasteiger partial charge in [-0.25, -0.2) is 5.84 Å². The van der Waals surface area contributed by atoms with E-state index in [1.54, 1.807) is 10.7 Å². The number of aromatic nitrogens is 4. The van der Waals surface area contributed by atoms with Crippen molar-refractivity contribution in [3.8, 4) is 0 Å². The van der Waals surface area contributed by atoms with Gasteiger partial charge in [0.1, 0.15) is 0 Å². The molecule has 0 aliphatic carbocycles. The standard InChI is InChI=1S/C9H8N6/c10-12-9-14-13-8-7-4-2-1-3-6(7)5-11-15(8)9/h1-5H,10H2,(H,12,14). The number of fused-ring (bicyclic) bond motifs is 3. The van der Waals surface area contributed by atoms with Gasteiger partial charge in [0, 0.05) is 10.8 Å². The molecule has 0 saturated carbocycles. The molecule has 1 aromatic carbocycles. The Balaban J connectivity index is 2.50. The number of hydrogen-bond donors (Lipinski definition) is 2. The maximum absolute atomic E-state index is 5.29. The molecule has 0 bridgehead atoms. The van der Waals surface area contributed by atoms with Crippen LogP contribution in [0.1, 0.15) is 0 Å². The normalized spacial score (nSPS) is 11.0. The third-order valence-corrected chi connectivity index (χ3v) is 2.28. The summed E-state index contributed by atoms with van der Waals surface area (Å²) >= 11 is 0. The Morgan fingerprint density at radius 1 is 1.20 bits per heavy atom. The molecular formula is C9H8N6. The fraction of sp³-hybridized carbons (Fsp3) is 0. The summed E-state index contributed by atoms with van der Waals surface area (Å²) in [6.45, 7) is 0. The van der Waals surface area contributed by atoms with Crippen LogP contribution in [-0.4, -0.2) is 19.8 Å². The zero-order chi connectivity index (χ0) is 10.3. The predicted molar refractivity (Wildman–Crippen MR) is 56.1 cm³/mol. The first-order valence-corrected chi connectivity index (χ1v) is 4.46. The van der Waals surface area contributed by atoms with Crippen LogP contribution in [0, 0.1) is 0 Å². The summed E-state index contributed by atoms with van der Waals surface area (Å²) in [5.74, 6) is 5.72. The maximum Gasteiger partial charge on any atom is 0.260 e. The lowest BCUT2D eigenvalue weighted by molar-refractivity contribution is 0.932. The SMILES string of the molecule is NNc1nnc2c3ccccc3cnn12. The van der Waals surface area contributed by atoms with Crippen LogP contribution in [0.4, 0.5) is 5.95 Å². The lowest BCUT2D eigenvalue weighted by Crippen LogP contribution is -2.11. The predicted octanol–water partition coefficient (Wildman–Crippen LogP) is 0.563. The zero-order valence-corrected chi connectivity index (χ0v) is 7.75. The number of hydrogen-bond acceptors (Lipinski definition) is 5. The number of anilines is 1. The van der Waals surface area contributed by atoms with Gasteiger partial charge in [0.15, 0.2) is 5.65 Å². The Hall–Kier alpha value is -2.21. The number of nitrogens with one attached hydrogen (secondary N) is 1. The van der Waals surface area contributed by atoms with Crippen molar-refractivity contribution in [1.29, 1.82) is 0 Å². The van der Waals surface area contributed by atoms with Crippen molar-refractivity contribution in [2.75, 3.05) is 5.43 Å². The molecule has 3 aromatic rings. The van der Waals surface area contributed by atoms with Crippen LogP contribution in [0.25, 0.3) is 16.4 Å². The molecule has 0 fully saturated rings. The van der Waals surface area contributed by atoms with E-state index < -0.39 is 0 Å². The molecule has 6 nitrogen and oxygen atoms in total. The van der Waals surface area contributed by atoms with Crippen molar-refractivity contribution < 1.29 is 0 Å². The van der Waals surface area contributed by atoms with Crippen LogP contribution >= 0.6 is 0 Å². The summed E-state index contributed by atoms with van der Waals surface area (Å²) in [6, 6.07) is 7.86. The van der Waals surface area contributed by atoms with Gasteiger partial charge in [-0.1, -0.05) is 24.3 Å². The van der Waals surface area contributed by atoms with E-state index in [1.165, 1.54) is 0 Å². The number of rotatable bonds is 1. The second-order valence-electron chi connectivity index (χ2n) is 3.14. The smallest absolute Gasteiger partial charge is 0.260 e. The minimum atomic E-state index is 0.427. The number of hydrazine groups is 1. The molecule has 0 atom stereocenters. The maximum atomic E-state index is 5.29. The highest BCUT2D eigenvalue weighted by molar-refractivity contribution is 5.93. The largest absolute Gasteiger partial charge is 0.291 e. The van der Waals surface area contributed by atoms with E-state index in [4.69, 9.17) is 5.84 Å². The average Bonchev–Trinajstić information content (AvgIpc) is 2.72. The van der Waals surface area contributed by atoms with Gasteiger partial charge in [-0.15, -0.1) is 10.2 Å². The molecule has 0 spiro atoms. The Bertz CT molecular complexity index is 629. The molecule has 2 aromatic heterocycles. The molecule has 0 aliphatic rings. The van der Waals surface area contributed by atoms with Gasteiger partial charge in [-0.3, -0.25) is 5.43 Å². The summed E-state index contributed by atoms with van der Waals surface area (Å²) in [7, 11) is 0. The van der Waals surface area contributed by atoms with E-state index in [2.05, 4.69) is 20.7 Å². The van der Waals surface area contributed by atoms with E-state index in [0.29, 0.717) is 11.6 Å². The molecule has 74 valence electrons. The molecule has 0 unspecified atom stereocenters. The summed E-state index contributed by atoms with van der Waals surface area (Å²) in [6.07, 6.45) is 1.76. The van der Waals surface area contributed by atoms with Crippen molar-refractivity contribution in [2.24, 2.45) is 5.84 Å². The van der Waals surface area contributed by atoms with Gasteiger partial charge < -0.3 is 0 Å². The van der Waals surface area contributed by atoms with E-state index in [-0.39, 0.29) is 0 Å². The molecule has 15 heavy (non-hydrogen) atoms. The second-order valence-corrected chi connectivity index (χ2v) is 3.14. The Labute approximate surface area is 84.7 Å². The van der Waals surface area contributed by atoms with E-state index in [1.807, 2.05) is 24.3 Å². The number of benzene rings is 1. The van der Waals surface area contributed by atoms with Crippen molar-refractivity contribution in [1.82, 2.24) is 19.8 Å². The fourth-order valence-electron chi connectivity index (χ4n) is 1.58. The molecule has 6 heteroatoms. The van der Waals surface area contributed by atoms with Gasteiger partial charge in [0.25, 0.3) is 5.95 Å².